The Hall–Kier alpha value is -2.47. The Kier molecular flexibility index (Phi) is 4.28. The lowest BCUT2D eigenvalue weighted by Gasteiger charge is -2.25. The van der Waals surface area contributed by atoms with Crippen LogP contribution in [0.25, 0.3) is 16.9 Å². The maximum Gasteiger partial charge on any atom is 0.154 e. The highest BCUT2D eigenvalue weighted by Crippen LogP contribution is 2.28. The Morgan fingerprint density at radius 2 is 2.07 bits per heavy atom. The summed E-state index contributed by atoms with van der Waals surface area (Å²) in [6, 6.07) is 9.38. The van der Waals surface area contributed by atoms with E-state index in [0.29, 0.717) is 17.2 Å². The molecule has 1 N–H and O–H groups in total. The summed E-state index contributed by atoms with van der Waals surface area (Å²) in [6.07, 6.45) is 6.48. The van der Waals surface area contributed by atoms with E-state index < -0.39 is 0 Å². The highest BCUT2D eigenvalue weighted by molar-refractivity contribution is 5.65. The lowest BCUT2D eigenvalue weighted by Crippen LogP contribution is -2.33. The molecule has 0 amide bonds. The Bertz CT molecular complexity index is 966. The van der Waals surface area contributed by atoms with Gasteiger partial charge in [0, 0.05) is 25.2 Å². The number of anilines is 1. The van der Waals surface area contributed by atoms with Crippen molar-refractivity contribution in [1.29, 1.82) is 0 Å². The van der Waals surface area contributed by atoms with E-state index in [2.05, 4.69) is 20.3 Å². The molecular weight excluding hydrogens is 341 g/mol. The fourth-order valence-corrected chi connectivity index (χ4v) is 4.41. The summed E-state index contributed by atoms with van der Waals surface area (Å²) in [5.74, 6) is 1.19. The first-order chi connectivity index (χ1) is 13.3. The second-order valence-corrected chi connectivity index (χ2v) is 7.74. The molecule has 0 saturated carbocycles. The first-order valence-corrected chi connectivity index (χ1v) is 9.86. The monoisotopic (exact) mass is 365 g/mol. The molecule has 27 heavy (non-hydrogen) atoms. The summed E-state index contributed by atoms with van der Waals surface area (Å²) >= 11 is 0. The van der Waals surface area contributed by atoms with Crippen molar-refractivity contribution in [3.05, 3.63) is 47.9 Å². The molecular formula is C21H24FN5. The number of benzene rings is 1. The first-order valence-electron chi connectivity index (χ1n) is 9.86. The van der Waals surface area contributed by atoms with Crippen LogP contribution in [-0.4, -0.2) is 45.7 Å². The minimum Gasteiger partial charge on any atom is -0.367 e. The highest BCUT2D eigenvalue weighted by Gasteiger charge is 2.20. The molecule has 0 radical (unpaired) electrons. The van der Waals surface area contributed by atoms with Gasteiger partial charge in [-0.05, 0) is 61.6 Å². The molecule has 2 aliphatic heterocycles. The van der Waals surface area contributed by atoms with Crippen molar-refractivity contribution >= 4 is 11.5 Å². The number of imidazole rings is 1. The highest BCUT2D eigenvalue weighted by atomic mass is 19.1. The van der Waals surface area contributed by atoms with Crippen LogP contribution in [0.3, 0.4) is 0 Å². The van der Waals surface area contributed by atoms with Crippen LogP contribution in [0.15, 0.2) is 36.5 Å². The SMILES string of the molecule is Fc1ccc2cc1-c1cnc3ccc(nn13)NCCN1CCCCC(C2)C1. The van der Waals surface area contributed by atoms with Gasteiger partial charge >= 0.3 is 0 Å². The average molecular weight is 365 g/mol. The minimum absolute atomic E-state index is 0.227. The second-order valence-electron chi connectivity index (χ2n) is 7.74. The van der Waals surface area contributed by atoms with Crippen molar-refractivity contribution in [1.82, 2.24) is 19.5 Å². The van der Waals surface area contributed by atoms with E-state index in [-0.39, 0.29) is 5.82 Å². The predicted octanol–water partition coefficient (Wildman–Crippen LogP) is 3.61. The van der Waals surface area contributed by atoms with Gasteiger partial charge in [0.2, 0.25) is 0 Å². The third-order valence-electron chi connectivity index (χ3n) is 5.78. The number of rotatable bonds is 0. The normalized spacial score (nSPS) is 22.9. The summed E-state index contributed by atoms with van der Waals surface area (Å²) in [6.45, 7) is 4.14. The number of nitrogens with one attached hydrogen (secondary N) is 1. The van der Waals surface area contributed by atoms with E-state index in [1.807, 2.05) is 24.3 Å². The molecule has 5 nitrogen and oxygen atoms in total. The van der Waals surface area contributed by atoms with E-state index in [9.17, 15) is 4.39 Å². The van der Waals surface area contributed by atoms with Gasteiger partial charge in [0.25, 0.3) is 0 Å². The molecule has 140 valence electrons. The molecule has 4 heterocycles. The molecule has 2 aliphatic rings. The van der Waals surface area contributed by atoms with Crippen molar-refractivity contribution in [3.63, 3.8) is 0 Å². The van der Waals surface area contributed by atoms with Gasteiger partial charge in [0.15, 0.2) is 5.65 Å². The molecule has 1 saturated heterocycles. The Labute approximate surface area is 158 Å². The van der Waals surface area contributed by atoms with Gasteiger partial charge in [0.1, 0.15) is 11.6 Å². The summed E-state index contributed by atoms with van der Waals surface area (Å²) in [4.78, 5) is 6.97. The van der Waals surface area contributed by atoms with Gasteiger partial charge in [-0.1, -0.05) is 12.5 Å². The lowest BCUT2D eigenvalue weighted by molar-refractivity contribution is 0.256. The van der Waals surface area contributed by atoms with Crippen molar-refractivity contribution in [2.45, 2.75) is 25.7 Å². The third kappa shape index (κ3) is 3.30. The molecule has 6 heteroatoms. The third-order valence-corrected chi connectivity index (χ3v) is 5.78. The predicted molar refractivity (Wildman–Crippen MR) is 104 cm³/mol. The van der Waals surface area contributed by atoms with Gasteiger partial charge in [-0.15, -0.1) is 5.10 Å². The standard InChI is InChI=1S/C21H24FN5/c22-18-5-4-15-11-16-3-1-2-9-26(14-16)10-8-23-20-6-7-21-24-13-19(17(18)12-15)27(21)25-20/h4-7,12-13,16H,1-3,8-11,14H2,(H,23,25). The molecule has 1 fully saturated rings. The molecule has 2 atom stereocenters. The Balaban J connectivity index is 1.62. The van der Waals surface area contributed by atoms with E-state index in [0.717, 1.165) is 44.1 Å². The average Bonchev–Trinajstić information content (AvgIpc) is 2.95. The van der Waals surface area contributed by atoms with Gasteiger partial charge < -0.3 is 10.2 Å². The zero-order valence-corrected chi connectivity index (χ0v) is 15.4. The Morgan fingerprint density at radius 3 is 3.04 bits per heavy atom. The van der Waals surface area contributed by atoms with Crippen molar-refractivity contribution in [3.8, 4) is 11.3 Å². The van der Waals surface area contributed by atoms with Crippen molar-refractivity contribution in [2.24, 2.45) is 5.92 Å². The quantitative estimate of drug-likeness (QED) is 0.661. The number of fused-ring (bicyclic) bond motifs is 6. The van der Waals surface area contributed by atoms with Crippen LogP contribution >= 0.6 is 0 Å². The number of halogens is 1. The molecule has 2 unspecified atom stereocenters. The molecule has 3 aromatic rings. The van der Waals surface area contributed by atoms with Crippen LogP contribution in [0.4, 0.5) is 10.2 Å². The van der Waals surface area contributed by atoms with Crippen molar-refractivity contribution < 1.29 is 4.39 Å². The number of hydrogen-bond donors (Lipinski definition) is 1. The second kappa shape index (κ2) is 6.93. The van der Waals surface area contributed by atoms with E-state index in [4.69, 9.17) is 0 Å². The summed E-state index contributed by atoms with van der Waals surface area (Å²) < 4.78 is 16.4. The van der Waals surface area contributed by atoms with Crippen LogP contribution in [0.1, 0.15) is 24.8 Å². The summed E-state index contributed by atoms with van der Waals surface area (Å²) in [7, 11) is 0. The first kappa shape index (κ1) is 16.7. The van der Waals surface area contributed by atoms with Crippen LogP contribution in [0.5, 0.6) is 0 Å². The molecule has 2 aromatic heterocycles. The van der Waals surface area contributed by atoms with Gasteiger partial charge in [0.05, 0.1) is 11.9 Å². The van der Waals surface area contributed by atoms with Gasteiger partial charge in [-0.25, -0.2) is 13.9 Å². The smallest absolute Gasteiger partial charge is 0.154 e. The fourth-order valence-electron chi connectivity index (χ4n) is 4.41. The number of aromatic nitrogens is 3. The van der Waals surface area contributed by atoms with Gasteiger partial charge in [-0.3, -0.25) is 0 Å². The minimum atomic E-state index is -0.227. The number of hydrogen-bond acceptors (Lipinski definition) is 4. The topological polar surface area (TPSA) is 45.5 Å². The summed E-state index contributed by atoms with van der Waals surface area (Å²) in [5.41, 5.74) is 3.20. The van der Waals surface area contributed by atoms with Crippen LogP contribution in [-0.2, 0) is 6.42 Å². The molecule has 5 rings (SSSR count). The van der Waals surface area contributed by atoms with Crippen LogP contribution in [0, 0.1) is 11.7 Å². The Morgan fingerprint density at radius 1 is 1.11 bits per heavy atom. The largest absolute Gasteiger partial charge is 0.367 e. The fraction of sp³-hybridized carbons (Fsp3) is 0.429. The zero-order chi connectivity index (χ0) is 18.2. The van der Waals surface area contributed by atoms with Crippen LogP contribution < -0.4 is 5.32 Å². The maximum atomic E-state index is 14.7. The maximum absolute atomic E-state index is 14.7. The van der Waals surface area contributed by atoms with Gasteiger partial charge in [-0.2, -0.15) is 0 Å². The molecule has 6 bridgehead atoms. The molecule has 0 aliphatic carbocycles. The molecule has 1 aromatic carbocycles. The molecule has 0 spiro atoms. The van der Waals surface area contributed by atoms with E-state index >= 15 is 0 Å². The zero-order valence-electron chi connectivity index (χ0n) is 15.4. The van der Waals surface area contributed by atoms with Crippen molar-refractivity contribution in [2.75, 3.05) is 31.5 Å². The number of nitrogens with zero attached hydrogens (tertiary/aromatic N) is 4. The lowest BCUT2D eigenvalue weighted by atomic mass is 9.93. The van der Waals surface area contributed by atoms with Crippen LogP contribution in [0.2, 0.25) is 0 Å². The summed E-state index contributed by atoms with van der Waals surface area (Å²) in [5, 5.41) is 8.08. The van der Waals surface area contributed by atoms with E-state index in [1.165, 1.54) is 24.8 Å². The van der Waals surface area contributed by atoms with E-state index in [1.54, 1.807) is 16.8 Å².